The van der Waals surface area contributed by atoms with Crippen molar-refractivity contribution in [3.63, 3.8) is 0 Å². The molecule has 0 fully saturated rings. The zero-order chi connectivity index (χ0) is 15.4. The number of halogens is 3. The van der Waals surface area contributed by atoms with Crippen molar-refractivity contribution in [1.29, 1.82) is 0 Å². The highest BCUT2D eigenvalue weighted by atomic mass is 32.2. The summed E-state index contributed by atoms with van der Waals surface area (Å²) >= 11 is 0. The first-order valence-corrected chi connectivity index (χ1v) is 7.59. The number of benzene rings is 1. The van der Waals surface area contributed by atoms with Crippen molar-refractivity contribution in [3.8, 4) is 0 Å². The van der Waals surface area contributed by atoms with E-state index < -0.39 is 22.2 Å². The van der Waals surface area contributed by atoms with Gasteiger partial charge in [0.25, 0.3) is 0 Å². The predicted molar refractivity (Wildman–Crippen MR) is 69.8 cm³/mol. The molecule has 0 aromatic heterocycles. The second-order valence-electron chi connectivity index (χ2n) is 4.72. The van der Waals surface area contributed by atoms with E-state index in [2.05, 4.69) is 18.0 Å². The first-order chi connectivity index (χ1) is 9.13. The molecular formula is C13H17F3O3S. The maximum Gasteiger partial charge on any atom is 0.523 e. The highest BCUT2D eigenvalue weighted by Gasteiger charge is 2.47. The van der Waals surface area contributed by atoms with Crippen molar-refractivity contribution >= 4 is 10.1 Å². The van der Waals surface area contributed by atoms with Crippen molar-refractivity contribution in [1.82, 2.24) is 0 Å². The molecule has 1 aromatic rings. The summed E-state index contributed by atoms with van der Waals surface area (Å²) in [7, 11) is -5.47. The van der Waals surface area contributed by atoms with Gasteiger partial charge in [-0.3, -0.25) is 4.18 Å². The Balaban J connectivity index is 2.42. The summed E-state index contributed by atoms with van der Waals surface area (Å²) in [6.45, 7) is 3.64. The molecule has 0 aliphatic rings. The third-order valence-corrected chi connectivity index (χ3v) is 3.82. The predicted octanol–water partition coefficient (Wildman–Crippen LogP) is 3.61. The summed E-state index contributed by atoms with van der Waals surface area (Å²) in [5.41, 5.74) is -3.25. The highest BCUT2D eigenvalue weighted by molar-refractivity contribution is 7.87. The van der Waals surface area contributed by atoms with Gasteiger partial charge in [0.2, 0.25) is 0 Å². The van der Waals surface area contributed by atoms with Gasteiger partial charge in [-0.05, 0) is 29.9 Å². The summed E-state index contributed by atoms with van der Waals surface area (Å²) in [6, 6.07) is 7.67. The van der Waals surface area contributed by atoms with Gasteiger partial charge < -0.3 is 0 Å². The zero-order valence-electron chi connectivity index (χ0n) is 11.3. The van der Waals surface area contributed by atoms with Crippen LogP contribution in [-0.2, 0) is 20.7 Å². The average molecular weight is 310 g/mol. The van der Waals surface area contributed by atoms with Gasteiger partial charge in [-0.2, -0.15) is 21.6 Å². The van der Waals surface area contributed by atoms with Crippen molar-refractivity contribution in [3.05, 3.63) is 35.4 Å². The van der Waals surface area contributed by atoms with Gasteiger partial charge in [0, 0.05) is 0 Å². The lowest BCUT2D eigenvalue weighted by Crippen LogP contribution is -2.25. The number of hydrogen-bond acceptors (Lipinski definition) is 3. The molecule has 0 aliphatic carbocycles. The Kier molecular flexibility index (Phi) is 5.59. The summed E-state index contributed by atoms with van der Waals surface area (Å²) in [6.07, 6.45) is 0.669. The van der Waals surface area contributed by atoms with Crippen LogP contribution in [0, 0.1) is 0 Å². The molecule has 0 radical (unpaired) electrons. The van der Waals surface area contributed by atoms with E-state index in [1.54, 1.807) is 0 Å². The molecule has 0 N–H and O–H groups in total. The molecule has 0 atom stereocenters. The minimum absolute atomic E-state index is 0.205. The molecule has 0 amide bonds. The third-order valence-electron chi connectivity index (χ3n) is 2.78. The Hall–Kier alpha value is -1.08. The first kappa shape index (κ1) is 17.0. The number of alkyl halides is 3. The summed E-state index contributed by atoms with van der Waals surface area (Å²) in [4.78, 5) is 0. The quantitative estimate of drug-likeness (QED) is 0.458. The maximum absolute atomic E-state index is 12.0. The molecular weight excluding hydrogens is 293 g/mol. The SMILES string of the molecule is CC(C)c1ccc(CCCOS(=O)(=O)C(F)(F)F)cc1. The first-order valence-electron chi connectivity index (χ1n) is 6.18. The van der Waals surface area contributed by atoms with E-state index >= 15 is 0 Å². The number of rotatable bonds is 6. The fourth-order valence-corrected chi connectivity index (χ4v) is 2.05. The molecule has 114 valence electrons. The van der Waals surface area contributed by atoms with E-state index in [1.165, 1.54) is 5.56 Å². The van der Waals surface area contributed by atoms with E-state index in [0.717, 1.165) is 5.56 Å². The van der Waals surface area contributed by atoms with Crippen molar-refractivity contribution in [2.75, 3.05) is 6.61 Å². The summed E-state index contributed by atoms with van der Waals surface area (Å²) in [5.74, 6) is 0.407. The smallest absolute Gasteiger partial charge is 0.263 e. The Morgan fingerprint density at radius 1 is 1.15 bits per heavy atom. The van der Waals surface area contributed by atoms with Gasteiger partial charge in [0.15, 0.2) is 0 Å². The van der Waals surface area contributed by atoms with Crippen LogP contribution < -0.4 is 0 Å². The molecule has 1 aromatic carbocycles. The Labute approximate surface area is 116 Å². The number of hydrogen-bond donors (Lipinski definition) is 0. The van der Waals surface area contributed by atoms with Crippen LogP contribution in [0.3, 0.4) is 0 Å². The second-order valence-corrected chi connectivity index (χ2v) is 6.33. The van der Waals surface area contributed by atoms with Crippen LogP contribution in [0.25, 0.3) is 0 Å². The molecule has 0 saturated heterocycles. The van der Waals surface area contributed by atoms with Crippen LogP contribution in [0.1, 0.15) is 37.3 Å². The Morgan fingerprint density at radius 2 is 1.70 bits per heavy atom. The highest BCUT2D eigenvalue weighted by Crippen LogP contribution is 2.24. The van der Waals surface area contributed by atoms with Gasteiger partial charge in [-0.1, -0.05) is 38.1 Å². The molecule has 1 rings (SSSR count). The van der Waals surface area contributed by atoms with Crippen molar-refractivity contribution in [2.45, 2.75) is 38.1 Å². The van der Waals surface area contributed by atoms with Crippen LogP contribution >= 0.6 is 0 Å². The fraction of sp³-hybridized carbons (Fsp3) is 0.538. The molecule has 0 heterocycles. The lowest BCUT2D eigenvalue weighted by molar-refractivity contribution is -0.0542. The second kappa shape index (κ2) is 6.58. The van der Waals surface area contributed by atoms with Crippen molar-refractivity contribution < 1.29 is 25.8 Å². The largest absolute Gasteiger partial charge is 0.523 e. The minimum atomic E-state index is -5.47. The normalized spacial score (nSPS) is 12.9. The molecule has 0 bridgehead atoms. The molecule has 0 unspecified atom stereocenters. The van der Waals surface area contributed by atoms with Crippen LogP contribution in [0.4, 0.5) is 13.2 Å². The monoisotopic (exact) mass is 310 g/mol. The fourth-order valence-electron chi connectivity index (χ4n) is 1.58. The van der Waals surface area contributed by atoms with Gasteiger partial charge in [0.05, 0.1) is 6.61 Å². The van der Waals surface area contributed by atoms with Crippen LogP contribution in [0.15, 0.2) is 24.3 Å². The minimum Gasteiger partial charge on any atom is -0.263 e. The summed E-state index contributed by atoms with van der Waals surface area (Å²) < 4.78 is 61.2. The van der Waals surface area contributed by atoms with E-state index in [-0.39, 0.29) is 6.42 Å². The van der Waals surface area contributed by atoms with Crippen LogP contribution in [-0.4, -0.2) is 20.5 Å². The van der Waals surface area contributed by atoms with E-state index in [4.69, 9.17) is 0 Å². The average Bonchev–Trinajstić information content (AvgIpc) is 2.34. The van der Waals surface area contributed by atoms with Gasteiger partial charge in [-0.15, -0.1) is 0 Å². The molecule has 7 heteroatoms. The molecule has 0 spiro atoms. The standard InChI is InChI=1S/C13H17F3O3S/c1-10(2)12-7-5-11(6-8-12)4-3-9-19-20(17,18)13(14,15)16/h5-8,10H,3-4,9H2,1-2H3. The van der Waals surface area contributed by atoms with Crippen LogP contribution in [0.2, 0.25) is 0 Å². The molecule has 3 nitrogen and oxygen atoms in total. The number of aryl methyl sites for hydroxylation is 1. The molecule has 20 heavy (non-hydrogen) atoms. The lowest BCUT2D eigenvalue weighted by Gasteiger charge is -2.09. The lowest BCUT2D eigenvalue weighted by atomic mass is 10.0. The van der Waals surface area contributed by atoms with Gasteiger partial charge >= 0.3 is 15.6 Å². The maximum atomic E-state index is 12.0. The molecule has 0 aliphatic heterocycles. The van der Waals surface area contributed by atoms with Gasteiger partial charge in [-0.25, -0.2) is 0 Å². The van der Waals surface area contributed by atoms with E-state index in [9.17, 15) is 21.6 Å². The Bertz CT molecular complexity index is 519. The zero-order valence-corrected chi connectivity index (χ0v) is 12.1. The summed E-state index contributed by atoms with van der Waals surface area (Å²) in [5, 5.41) is 0. The van der Waals surface area contributed by atoms with Gasteiger partial charge in [0.1, 0.15) is 0 Å². The van der Waals surface area contributed by atoms with E-state index in [1.807, 2.05) is 24.3 Å². The van der Waals surface area contributed by atoms with E-state index in [0.29, 0.717) is 12.3 Å². The van der Waals surface area contributed by atoms with Crippen molar-refractivity contribution in [2.24, 2.45) is 0 Å². The third kappa shape index (κ3) is 4.79. The molecule has 0 saturated carbocycles. The Morgan fingerprint density at radius 3 is 2.15 bits per heavy atom. The topological polar surface area (TPSA) is 43.4 Å². The van der Waals surface area contributed by atoms with Crippen LogP contribution in [0.5, 0.6) is 0 Å².